The molecule has 0 aromatic carbocycles. The molecule has 2 atom stereocenters. The lowest BCUT2D eigenvalue weighted by molar-refractivity contribution is 0.0200. The molecule has 0 aliphatic heterocycles. The SMILES string of the molecule is CNCC(O)C(O)c1c[nH]c(=O)c(C#N)c1. The number of aliphatic hydroxyl groups is 2. The van der Waals surface area contributed by atoms with Crippen LogP contribution in [0.5, 0.6) is 0 Å². The summed E-state index contributed by atoms with van der Waals surface area (Å²) in [5.41, 5.74) is -0.298. The molecule has 0 fully saturated rings. The van der Waals surface area contributed by atoms with Crippen molar-refractivity contribution in [3.63, 3.8) is 0 Å². The number of aliphatic hydroxyl groups excluding tert-OH is 2. The molecule has 0 amide bonds. The van der Waals surface area contributed by atoms with Gasteiger partial charge in [-0.2, -0.15) is 5.26 Å². The van der Waals surface area contributed by atoms with Crippen molar-refractivity contribution in [1.82, 2.24) is 10.3 Å². The van der Waals surface area contributed by atoms with Crippen LogP contribution in [0.15, 0.2) is 17.1 Å². The molecule has 0 aliphatic rings. The number of aromatic amines is 1. The molecule has 6 nitrogen and oxygen atoms in total. The van der Waals surface area contributed by atoms with Gasteiger partial charge in [0.25, 0.3) is 5.56 Å². The molecule has 0 saturated heterocycles. The van der Waals surface area contributed by atoms with Crippen molar-refractivity contribution in [2.24, 2.45) is 0 Å². The summed E-state index contributed by atoms with van der Waals surface area (Å²) in [7, 11) is 1.64. The summed E-state index contributed by atoms with van der Waals surface area (Å²) >= 11 is 0. The third-order valence-electron chi connectivity index (χ3n) is 2.17. The Labute approximate surface area is 92.2 Å². The second-order valence-electron chi connectivity index (χ2n) is 3.36. The number of nitriles is 1. The molecule has 0 bridgehead atoms. The highest BCUT2D eigenvalue weighted by molar-refractivity contribution is 5.30. The summed E-state index contributed by atoms with van der Waals surface area (Å²) in [5, 5.41) is 30.6. The van der Waals surface area contributed by atoms with E-state index in [-0.39, 0.29) is 12.1 Å². The predicted molar refractivity (Wildman–Crippen MR) is 56.7 cm³/mol. The molecule has 4 N–H and O–H groups in total. The van der Waals surface area contributed by atoms with E-state index in [2.05, 4.69) is 10.3 Å². The summed E-state index contributed by atoms with van der Waals surface area (Å²) in [5.74, 6) is 0. The largest absolute Gasteiger partial charge is 0.389 e. The fraction of sp³-hybridized carbons (Fsp3) is 0.400. The fourth-order valence-corrected chi connectivity index (χ4v) is 1.30. The average Bonchev–Trinajstić information content (AvgIpc) is 2.29. The average molecular weight is 223 g/mol. The molecule has 0 radical (unpaired) electrons. The zero-order valence-corrected chi connectivity index (χ0v) is 8.77. The van der Waals surface area contributed by atoms with E-state index in [1.165, 1.54) is 12.3 Å². The van der Waals surface area contributed by atoms with Crippen molar-refractivity contribution >= 4 is 0 Å². The van der Waals surface area contributed by atoms with Gasteiger partial charge in [-0.1, -0.05) is 0 Å². The van der Waals surface area contributed by atoms with Crippen LogP contribution in [0.25, 0.3) is 0 Å². The number of aromatic nitrogens is 1. The second-order valence-corrected chi connectivity index (χ2v) is 3.36. The summed E-state index contributed by atoms with van der Waals surface area (Å²) in [6, 6.07) is 2.98. The van der Waals surface area contributed by atoms with E-state index in [4.69, 9.17) is 5.26 Å². The Morgan fingerprint density at radius 2 is 2.31 bits per heavy atom. The summed E-state index contributed by atoms with van der Waals surface area (Å²) in [4.78, 5) is 13.4. The Hall–Kier alpha value is -1.68. The lowest BCUT2D eigenvalue weighted by atomic mass is 10.1. The normalized spacial score (nSPS) is 14.1. The first-order valence-corrected chi connectivity index (χ1v) is 4.73. The molecule has 0 spiro atoms. The van der Waals surface area contributed by atoms with E-state index in [0.717, 1.165) is 0 Å². The third kappa shape index (κ3) is 2.67. The molecule has 1 aromatic heterocycles. The van der Waals surface area contributed by atoms with Gasteiger partial charge in [0.15, 0.2) is 0 Å². The van der Waals surface area contributed by atoms with Crippen LogP contribution >= 0.6 is 0 Å². The van der Waals surface area contributed by atoms with Gasteiger partial charge in [0.05, 0.1) is 6.10 Å². The Kier molecular flexibility index (Phi) is 4.19. The first-order valence-electron chi connectivity index (χ1n) is 4.73. The molecular formula is C10H13N3O3. The van der Waals surface area contributed by atoms with Crippen molar-refractivity contribution in [3.05, 3.63) is 33.7 Å². The number of hydrogen-bond acceptors (Lipinski definition) is 5. The minimum absolute atomic E-state index is 0.0896. The van der Waals surface area contributed by atoms with Crippen LogP contribution in [0, 0.1) is 11.3 Å². The topological polar surface area (TPSA) is 109 Å². The Bertz CT molecular complexity index is 449. The maximum atomic E-state index is 11.1. The molecular weight excluding hydrogens is 210 g/mol. The predicted octanol–water partition coefficient (Wildman–Crippen LogP) is -1.14. The highest BCUT2D eigenvalue weighted by atomic mass is 16.3. The number of H-pyrrole nitrogens is 1. The maximum Gasteiger partial charge on any atom is 0.265 e. The van der Waals surface area contributed by atoms with Gasteiger partial charge in [-0.05, 0) is 13.1 Å². The molecule has 2 unspecified atom stereocenters. The van der Waals surface area contributed by atoms with Crippen LogP contribution in [0.1, 0.15) is 17.2 Å². The van der Waals surface area contributed by atoms with E-state index in [1.54, 1.807) is 13.1 Å². The minimum atomic E-state index is -1.14. The van der Waals surface area contributed by atoms with Gasteiger partial charge in [0.1, 0.15) is 17.7 Å². The van der Waals surface area contributed by atoms with Crippen LogP contribution in [0.4, 0.5) is 0 Å². The van der Waals surface area contributed by atoms with Gasteiger partial charge in [-0.25, -0.2) is 0 Å². The lowest BCUT2D eigenvalue weighted by Crippen LogP contribution is -2.30. The Morgan fingerprint density at radius 1 is 1.62 bits per heavy atom. The standard InChI is InChI=1S/C10H13N3O3/c1-12-5-8(14)9(15)7-2-6(3-11)10(16)13-4-7/h2,4,8-9,12,14-15H,5H2,1H3,(H,13,16). The molecule has 1 rings (SSSR count). The van der Waals surface area contributed by atoms with Crippen LogP contribution in [-0.2, 0) is 0 Å². The highest BCUT2D eigenvalue weighted by Crippen LogP contribution is 2.15. The van der Waals surface area contributed by atoms with E-state index in [9.17, 15) is 15.0 Å². The van der Waals surface area contributed by atoms with Crippen molar-refractivity contribution < 1.29 is 10.2 Å². The number of pyridine rings is 1. The fourth-order valence-electron chi connectivity index (χ4n) is 1.30. The van der Waals surface area contributed by atoms with Crippen LogP contribution in [0.3, 0.4) is 0 Å². The van der Waals surface area contributed by atoms with Crippen LogP contribution < -0.4 is 10.9 Å². The van der Waals surface area contributed by atoms with Crippen LogP contribution in [-0.4, -0.2) is 34.9 Å². The summed E-state index contributed by atoms with van der Waals surface area (Å²) < 4.78 is 0. The van der Waals surface area contributed by atoms with E-state index >= 15 is 0 Å². The van der Waals surface area contributed by atoms with Crippen molar-refractivity contribution in [1.29, 1.82) is 5.26 Å². The van der Waals surface area contributed by atoms with Gasteiger partial charge >= 0.3 is 0 Å². The van der Waals surface area contributed by atoms with Gasteiger partial charge < -0.3 is 20.5 Å². The van der Waals surface area contributed by atoms with Crippen LogP contribution in [0.2, 0.25) is 0 Å². The Balaban J connectivity index is 2.97. The van der Waals surface area contributed by atoms with Crippen molar-refractivity contribution in [2.45, 2.75) is 12.2 Å². The zero-order valence-electron chi connectivity index (χ0n) is 8.77. The number of nitrogens with zero attached hydrogens (tertiary/aromatic N) is 1. The molecule has 16 heavy (non-hydrogen) atoms. The number of hydrogen-bond donors (Lipinski definition) is 4. The number of nitrogens with one attached hydrogen (secondary N) is 2. The van der Waals surface area contributed by atoms with Crippen molar-refractivity contribution in [2.75, 3.05) is 13.6 Å². The molecule has 6 heteroatoms. The first-order chi connectivity index (χ1) is 7.60. The van der Waals surface area contributed by atoms with Gasteiger partial charge in [0.2, 0.25) is 0 Å². The quantitative estimate of drug-likeness (QED) is 0.516. The van der Waals surface area contributed by atoms with Gasteiger partial charge in [0, 0.05) is 18.3 Å². The molecule has 86 valence electrons. The van der Waals surface area contributed by atoms with Crippen molar-refractivity contribution in [3.8, 4) is 6.07 Å². The van der Waals surface area contributed by atoms with E-state index in [0.29, 0.717) is 5.56 Å². The zero-order chi connectivity index (χ0) is 12.1. The second kappa shape index (κ2) is 5.42. The van der Waals surface area contributed by atoms with Gasteiger partial charge in [-0.3, -0.25) is 4.79 Å². The molecule has 0 saturated carbocycles. The maximum absolute atomic E-state index is 11.1. The van der Waals surface area contributed by atoms with Gasteiger partial charge in [-0.15, -0.1) is 0 Å². The smallest absolute Gasteiger partial charge is 0.265 e. The molecule has 1 heterocycles. The Morgan fingerprint density at radius 3 is 2.88 bits per heavy atom. The third-order valence-corrected chi connectivity index (χ3v) is 2.17. The minimum Gasteiger partial charge on any atom is -0.389 e. The van der Waals surface area contributed by atoms with E-state index < -0.39 is 17.8 Å². The summed E-state index contributed by atoms with van der Waals surface area (Å²) in [6.45, 7) is 0.210. The first kappa shape index (κ1) is 12.4. The number of likely N-dealkylation sites (N-methyl/N-ethyl adjacent to an activating group) is 1. The highest BCUT2D eigenvalue weighted by Gasteiger charge is 2.18. The lowest BCUT2D eigenvalue weighted by Gasteiger charge is -2.17. The number of rotatable bonds is 4. The monoisotopic (exact) mass is 223 g/mol. The van der Waals surface area contributed by atoms with E-state index in [1.807, 2.05) is 0 Å². The molecule has 0 aliphatic carbocycles. The molecule has 1 aromatic rings. The summed E-state index contributed by atoms with van der Waals surface area (Å²) in [6.07, 6.45) is -0.856.